The van der Waals surface area contributed by atoms with Crippen LogP contribution in [0.2, 0.25) is 0 Å². The standard InChI is InChI=1S/C14H16F2N2O3/c1-13(5-2-6-17-8-13)12(19)18-9-3-4-10-11(7-9)21-14(15,16)20-10/h3-4,7,17H,2,5-6,8H2,1H3,(H,18,19). The van der Waals surface area contributed by atoms with Crippen LogP contribution in [0.5, 0.6) is 11.5 Å². The van der Waals surface area contributed by atoms with E-state index in [0.29, 0.717) is 12.2 Å². The Morgan fingerprint density at radius 3 is 2.81 bits per heavy atom. The van der Waals surface area contributed by atoms with Gasteiger partial charge in [0.25, 0.3) is 0 Å². The minimum atomic E-state index is -3.65. The molecule has 5 nitrogen and oxygen atoms in total. The van der Waals surface area contributed by atoms with Crippen LogP contribution in [0.15, 0.2) is 18.2 Å². The fourth-order valence-electron chi connectivity index (χ4n) is 2.56. The third kappa shape index (κ3) is 2.78. The van der Waals surface area contributed by atoms with Gasteiger partial charge in [-0.05, 0) is 38.4 Å². The summed E-state index contributed by atoms with van der Waals surface area (Å²) in [5.74, 6) is -0.256. The summed E-state index contributed by atoms with van der Waals surface area (Å²) >= 11 is 0. The van der Waals surface area contributed by atoms with Gasteiger partial charge in [0.1, 0.15) is 0 Å². The summed E-state index contributed by atoms with van der Waals surface area (Å²) < 4.78 is 34.6. The molecule has 0 bridgehead atoms. The fraction of sp³-hybridized carbons (Fsp3) is 0.500. The van der Waals surface area contributed by atoms with E-state index >= 15 is 0 Å². The van der Waals surface area contributed by atoms with Gasteiger partial charge in [0.05, 0.1) is 5.41 Å². The molecule has 114 valence electrons. The zero-order valence-corrected chi connectivity index (χ0v) is 11.5. The monoisotopic (exact) mass is 298 g/mol. The maximum Gasteiger partial charge on any atom is 0.586 e. The molecule has 1 aromatic carbocycles. The predicted molar refractivity (Wildman–Crippen MR) is 71.5 cm³/mol. The van der Waals surface area contributed by atoms with Crippen molar-refractivity contribution in [1.29, 1.82) is 0 Å². The van der Waals surface area contributed by atoms with Crippen molar-refractivity contribution in [3.63, 3.8) is 0 Å². The molecule has 1 atom stereocenters. The van der Waals surface area contributed by atoms with Crippen molar-refractivity contribution in [3.8, 4) is 11.5 Å². The summed E-state index contributed by atoms with van der Waals surface area (Å²) in [5.41, 5.74) is -0.0923. The van der Waals surface area contributed by atoms with Gasteiger partial charge in [0.15, 0.2) is 11.5 Å². The molecule has 0 spiro atoms. The van der Waals surface area contributed by atoms with Gasteiger partial charge in [-0.1, -0.05) is 0 Å². The Morgan fingerprint density at radius 1 is 1.33 bits per heavy atom. The van der Waals surface area contributed by atoms with E-state index in [1.54, 1.807) is 0 Å². The maximum atomic E-state index is 12.9. The lowest BCUT2D eigenvalue weighted by Crippen LogP contribution is -2.46. The van der Waals surface area contributed by atoms with Gasteiger partial charge < -0.3 is 20.1 Å². The maximum absolute atomic E-state index is 12.9. The highest BCUT2D eigenvalue weighted by molar-refractivity contribution is 5.95. The van der Waals surface area contributed by atoms with E-state index in [9.17, 15) is 13.6 Å². The second-order valence-corrected chi connectivity index (χ2v) is 5.62. The average molecular weight is 298 g/mol. The van der Waals surface area contributed by atoms with Crippen LogP contribution in [0.3, 0.4) is 0 Å². The first-order valence-electron chi connectivity index (χ1n) is 6.80. The number of hydrogen-bond acceptors (Lipinski definition) is 4. The molecule has 2 heterocycles. The second kappa shape index (κ2) is 4.84. The van der Waals surface area contributed by atoms with Gasteiger partial charge in [-0.25, -0.2) is 0 Å². The quantitative estimate of drug-likeness (QED) is 0.880. The number of fused-ring (bicyclic) bond motifs is 1. The lowest BCUT2D eigenvalue weighted by molar-refractivity contribution is -0.286. The molecule has 0 saturated carbocycles. The Bertz CT molecular complexity index is 571. The summed E-state index contributed by atoms with van der Waals surface area (Å²) in [4.78, 5) is 12.3. The Balaban J connectivity index is 1.73. The number of piperidine rings is 1. The van der Waals surface area contributed by atoms with Crippen molar-refractivity contribution in [1.82, 2.24) is 5.32 Å². The molecule has 0 aliphatic carbocycles. The van der Waals surface area contributed by atoms with Gasteiger partial charge in [0.2, 0.25) is 5.91 Å². The Labute approximate surface area is 120 Å². The summed E-state index contributed by atoms with van der Waals surface area (Å²) in [6.07, 6.45) is -1.93. The molecule has 2 aliphatic heterocycles. The summed E-state index contributed by atoms with van der Waals surface area (Å²) in [6, 6.07) is 4.21. The first-order chi connectivity index (χ1) is 9.88. The molecule has 1 aromatic rings. The zero-order valence-electron chi connectivity index (χ0n) is 11.5. The van der Waals surface area contributed by atoms with E-state index < -0.39 is 11.7 Å². The van der Waals surface area contributed by atoms with Crippen molar-refractivity contribution >= 4 is 11.6 Å². The molecular formula is C14H16F2N2O3. The Kier molecular flexibility index (Phi) is 3.24. The van der Waals surface area contributed by atoms with Crippen molar-refractivity contribution < 1.29 is 23.0 Å². The number of benzene rings is 1. The van der Waals surface area contributed by atoms with E-state index in [1.165, 1.54) is 18.2 Å². The summed E-state index contributed by atoms with van der Waals surface area (Å²) in [5, 5.41) is 5.94. The number of ether oxygens (including phenoxy) is 2. The smallest absolute Gasteiger partial charge is 0.395 e. The van der Waals surface area contributed by atoms with Crippen molar-refractivity contribution in [3.05, 3.63) is 18.2 Å². The number of nitrogens with one attached hydrogen (secondary N) is 2. The highest BCUT2D eigenvalue weighted by Crippen LogP contribution is 2.42. The topological polar surface area (TPSA) is 59.6 Å². The third-order valence-electron chi connectivity index (χ3n) is 3.80. The largest absolute Gasteiger partial charge is 0.586 e. The lowest BCUT2D eigenvalue weighted by Gasteiger charge is -2.32. The summed E-state index contributed by atoms with van der Waals surface area (Å²) in [7, 11) is 0. The summed E-state index contributed by atoms with van der Waals surface area (Å²) in [6.45, 7) is 3.39. The fourth-order valence-corrected chi connectivity index (χ4v) is 2.56. The van der Waals surface area contributed by atoms with Gasteiger partial charge >= 0.3 is 6.29 Å². The predicted octanol–water partition coefficient (Wildman–Crippen LogP) is 2.34. The Hall–Kier alpha value is -1.89. The molecule has 7 heteroatoms. The van der Waals surface area contributed by atoms with E-state index in [4.69, 9.17) is 0 Å². The molecule has 2 aliphatic rings. The highest BCUT2D eigenvalue weighted by Gasteiger charge is 2.43. The first kappa shape index (κ1) is 14.1. The molecule has 1 amide bonds. The average Bonchev–Trinajstić information content (AvgIpc) is 2.72. The SMILES string of the molecule is CC1(C(=O)Nc2ccc3c(c2)OC(F)(F)O3)CCCNC1. The van der Waals surface area contributed by atoms with Gasteiger partial charge in [-0.3, -0.25) is 4.79 Å². The number of hydrogen-bond donors (Lipinski definition) is 2. The minimum absolute atomic E-state index is 0.0384. The number of halogens is 2. The number of carbonyl (C=O) groups is 1. The molecule has 1 unspecified atom stereocenters. The van der Waals surface area contributed by atoms with E-state index in [2.05, 4.69) is 20.1 Å². The van der Waals surface area contributed by atoms with Gasteiger partial charge in [-0.2, -0.15) is 0 Å². The van der Waals surface area contributed by atoms with E-state index in [-0.39, 0.29) is 17.4 Å². The molecule has 2 N–H and O–H groups in total. The number of carbonyl (C=O) groups excluding carboxylic acids is 1. The first-order valence-corrected chi connectivity index (χ1v) is 6.80. The lowest BCUT2D eigenvalue weighted by atomic mass is 9.82. The minimum Gasteiger partial charge on any atom is -0.395 e. The molecule has 3 rings (SSSR count). The highest BCUT2D eigenvalue weighted by atomic mass is 19.3. The zero-order chi connectivity index (χ0) is 15.1. The molecule has 0 radical (unpaired) electrons. The number of alkyl halides is 2. The van der Waals surface area contributed by atoms with Gasteiger partial charge in [-0.15, -0.1) is 8.78 Å². The van der Waals surface area contributed by atoms with E-state index in [1.807, 2.05) is 6.92 Å². The van der Waals surface area contributed by atoms with Crippen LogP contribution >= 0.6 is 0 Å². The van der Waals surface area contributed by atoms with Crippen LogP contribution in [-0.4, -0.2) is 25.3 Å². The van der Waals surface area contributed by atoms with Gasteiger partial charge in [0, 0.05) is 18.3 Å². The second-order valence-electron chi connectivity index (χ2n) is 5.62. The molecule has 21 heavy (non-hydrogen) atoms. The van der Waals surface area contributed by atoms with Crippen LogP contribution < -0.4 is 20.1 Å². The van der Waals surface area contributed by atoms with Crippen molar-refractivity contribution in [2.24, 2.45) is 5.41 Å². The van der Waals surface area contributed by atoms with Crippen LogP contribution in [0, 0.1) is 5.41 Å². The van der Waals surface area contributed by atoms with Crippen molar-refractivity contribution in [2.75, 3.05) is 18.4 Å². The molecular weight excluding hydrogens is 282 g/mol. The van der Waals surface area contributed by atoms with Crippen LogP contribution in [0.25, 0.3) is 0 Å². The van der Waals surface area contributed by atoms with Crippen LogP contribution in [0.1, 0.15) is 19.8 Å². The van der Waals surface area contributed by atoms with E-state index in [0.717, 1.165) is 19.4 Å². The number of amides is 1. The van der Waals surface area contributed by atoms with Crippen LogP contribution in [-0.2, 0) is 4.79 Å². The molecule has 1 fully saturated rings. The normalized spacial score (nSPS) is 26.4. The Morgan fingerprint density at radius 2 is 2.10 bits per heavy atom. The van der Waals surface area contributed by atoms with Crippen molar-refractivity contribution in [2.45, 2.75) is 26.1 Å². The molecule has 0 aromatic heterocycles. The molecule has 1 saturated heterocycles. The van der Waals surface area contributed by atoms with Crippen LogP contribution in [0.4, 0.5) is 14.5 Å². The number of rotatable bonds is 2. The number of anilines is 1. The third-order valence-corrected chi connectivity index (χ3v) is 3.80.